The third-order valence-corrected chi connectivity index (χ3v) is 2.83. The minimum absolute atomic E-state index is 0.221. The lowest BCUT2D eigenvalue weighted by Gasteiger charge is -2.21. The molecule has 15 heavy (non-hydrogen) atoms. The van der Waals surface area contributed by atoms with Crippen molar-refractivity contribution in [3.8, 4) is 0 Å². The zero-order valence-electron chi connectivity index (χ0n) is 8.56. The van der Waals surface area contributed by atoms with Gasteiger partial charge in [-0.15, -0.1) is 0 Å². The zero-order valence-corrected chi connectivity index (χ0v) is 8.56. The molecule has 0 spiro atoms. The predicted molar refractivity (Wildman–Crippen MR) is 53.7 cm³/mol. The molecule has 2 heterocycles. The Morgan fingerprint density at radius 3 is 2.87 bits per heavy atom. The van der Waals surface area contributed by atoms with Crippen molar-refractivity contribution < 1.29 is 14.6 Å². The second kappa shape index (κ2) is 3.62. The summed E-state index contributed by atoms with van der Waals surface area (Å²) in [5.41, 5.74) is 0.685. The fourth-order valence-electron chi connectivity index (χ4n) is 1.80. The van der Waals surface area contributed by atoms with E-state index in [4.69, 9.17) is 4.74 Å². The fraction of sp³-hybridized carbons (Fsp3) is 0.455. The fourth-order valence-corrected chi connectivity index (χ4v) is 1.80. The molecule has 1 atom stereocenters. The summed E-state index contributed by atoms with van der Waals surface area (Å²) >= 11 is 0. The molecule has 0 aliphatic carbocycles. The summed E-state index contributed by atoms with van der Waals surface area (Å²) in [5, 5.41) is 9.27. The number of carbonyl (C=O) groups is 1. The quantitative estimate of drug-likeness (QED) is 0.789. The lowest BCUT2D eigenvalue weighted by atomic mass is 9.83. The Kier molecular flexibility index (Phi) is 2.44. The van der Waals surface area contributed by atoms with Crippen molar-refractivity contribution in [2.45, 2.75) is 18.8 Å². The molecule has 1 aromatic rings. The highest BCUT2D eigenvalue weighted by Gasteiger charge is 2.45. The summed E-state index contributed by atoms with van der Waals surface area (Å²) in [7, 11) is 0. The second-order valence-electron chi connectivity index (χ2n) is 3.91. The van der Waals surface area contributed by atoms with Gasteiger partial charge in [0.15, 0.2) is 0 Å². The first-order chi connectivity index (χ1) is 7.15. The van der Waals surface area contributed by atoms with Crippen LogP contribution in [0.1, 0.15) is 17.7 Å². The summed E-state index contributed by atoms with van der Waals surface area (Å²) in [4.78, 5) is 15.5. The van der Waals surface area contributed by atoms with Gasteiger partial charge in [0.1, 0.15) is 5.41 Å². The van der Waals surface area contributed by atoms with E-state index in [1.807, 2.05) is 13.0 Å². The Morgan fingerprint density at radius 2 is 2.40 bits per heavy atom. The van der Waals surface area contributed by atoms with Crippen molar-refractivity contribution in [2.75, 3.05) is 13.2 Å². The number of aromatic nitrogens is 1. The number of carboxylic acids is 1. The van der Waals surface area contributed by atoms with Crippen molar-refractivity contribution in [3.63, 3.8) is 0 Å². The van der Waals surface area contributed by atoms with Crippen molar-refractivity contribution in [1.82, 2.24) is 4.98 Å². The van der Waals surface area contributed by atoms with Crippen LogP contribution in [-0.4, -0.2) is 29.3 Å². The van der Waals surface area contributed by atoms with Gasteiger partial charge in [-0.3, -0.25) is 9.78 Å². The van der Waals surface area contributed by atoms with Gasteiger partial charge in [-0.25, -0.2) is 0 Å². The van der Waals surface area contributed by atoms with Crippen LogP contribution in [0.15, 0.2) is 18.3 Å². The number of rotatable bonds is 2. The van der Waals surface area contributed by atoms with Crippen molar-refractivity contribution >= 4 is 5.97 Å². The molecule has 0 bridgehead atoms. The molecule has 1 aliphatic heterocycles. The molecule has 1 fully saturated rings. The van der Waals surface area contributed by atoms with Gasteiger partial charge in [0.2, 0.25) is 0 Å². The molecule has 1 aliphatic rings. The van der Waals surface area contributed by atoms with Crippen LogP contribution in [0.3, 0.4) is 0 Å². The molecule has 0 saturated carbocycles. The summed E-state index contributed by atoms with van der Waals surface area (Å²) in [5.74, 6) is -0.851. The van der Waals surface area contributed by atoms with E-state index in [2.05, 4.69) is 4.98 Å². The summed E-state index contributed by atoms with van der Waals surface area (Å²) < 4.78 is 5.19. The molecule has 0 radical (unpaired) electrons. The lowest BCUT2D eigenvalue weighted by Crippen LogP contribution is -2.37. The van der Waals surface area contributed by atoms with E-state index in [0.29, 0.717) is 18.7 Å². The summed E-state index contributed by atoms with van der Waals surface area (Å²) in [6.45, 7) is 2.63. The van der Waals surface area contributed by atoms with Crippen LogP contribution in [0.5, 0.6) is 0 Å². The first-order valence-corrected chi connectivity index (χ1v) is 4.89. The Balaban J connectivity index is 2.41. The van der Waals surface area contributed by atoms with Crippen LogP contribution >= 0.6 is 0 Å². The minimum atomic E-state index is -0.937. The normalized spacial score (nSPS) is 25.4. The molecule has 0 aromatic carbocycles. The number of aryl methyl sites for hydroxylation is 1. The third kappa shape index (κ3) is 1.61. The molecule has 4 heteroatoms. The number of aliphatic carboxylic acids is 1. The summed E-state index contributed by atoms with van der Waals surface area (Å²) in [6.07, 6.45) is 2.19. The molecule has 1 saturated heterocycles. The molecule has 2 rings (SSSR count). The maximum Gasteiger partial charge on any atom is 0.318 e. The average Bonchev–Trinajstić information content (AvgIpc) is 2.69. The first-order valence-electron chi connectivity index (χ1n) is 4.89. The molecule has 4 nitrogen and oxygen atoms in total. The van der Waals surface area contributed by atoms with E-state index in [-0.39, 0.29) is 6.61 Å². The highest BCUT2D eigenvalue weighted by atomic mass is 16.5. The predicted octanol–water partition coefficient (Wildman–Crippen LogP) is 1.13. The Hall–Kier alpha value is -1.42. The average molecular weight is 207 g/mol. The molecular formula is C11H13NO3. The van der Waals surface area contributed by atoms with E-state index in [9.17, 15) is 9.90 Å². The largest absolute Gasteiger partial charge is 0.480 e. The maximum absolute atomic E-state index is 11.3. The Morgan fingerprint density at radius 1 is 1.60 bits per heavy atom. The highest BCUT2D eigenvalue weighted by Crippen LogP contribution is 2.32. The van der Waals surface area contributed by atoms with Crippen LogP contribution in [0.2, 0.25) is 0 Å². The minimum Gasteiger partial charge on any atom is -0.480 e. The number of ether oxygens (including phenoxy) is 1. The molecule has 1 unspecified atom stereocenters. The number of hydrogen-bond acceptors (Lipinski definition) is 3. The van der Waals surface area contributed by atoms with E-state index < -0.39 is 11.4 Å². The van der Waals surface area contributed by atoms with Gasteiger partial charge < -0.3 is 9.84 Å². The van der Waals surface area contributed by atoms with Gasteiger partial charge in [0, 0.05) is 12.8 Å². The highest BCUT2D eigenvalue weighted by molar-refractivity contribution is 5.81. The van der Waals surface area contributed by atoms with Crippen LogP contribution in [0.25, 0.3) is 0 Å². The standard InChI is InChI=1S/C11H13NO3/c1-8-2-3-9(12-6-8)11(10(13)14)4-5-15-7-11/h2-3,6H,4-5,7H2,1H3,(H,13,14). The van der Waals surface area contributed by atoms with Gasteiger partial charge in [-0.05, 0) is 25.0 Å². The van der Waals surface area contributed by atoms with Crippen LogP contribution in [0, 0.1) is 6.92 Å². The number of pyridine rings is 1. The maximum atomic E-state index is 11.3. The van der Waals surface area contributed by atoms with Gasteiger partial charge in [0.05, 0.1) is 12.3 Å². The first kappa shape index (κ1) is 10.1. The van der Waals surface area contributed by atoms with Gasteiger partial charge in [-0.2, -0.15) is 0 Å². The SMILES string of the molecule is Cc1ccc(C2(C(=O)O)CCOC2)nc1. The number of carboxylic acid groups (broad SMARTS) is 1. The topological polar surface area (TPSA) is 59.4 Å². The van der Waals surface area contributed by atoms with Crippen LogP contribution in [0.4, 0.5) is 0 Å². The smallest absolute Gasteiger partial charge is 0.318 e. The molecule has 1 aromatic heterocycles. The van der Waals surface area contributed by atoms with Crippen molar-refractivity contribution in [3.05, 3.63) is 29.6 Å². The molecule has 1 N–H and O–H groups in total. The van der Waals surface area contributed by atoms with Crippen LogP contribution in [-0.2, 0) is 14.9 Å². The van der Waals surface area contributed by atoms with E-state index in [1.165, 1.54) is 0 Å². The van der Waals surface area contributed by atoms with Crippen molar-refractivity contribution in [2.24, 2.45) is 0 Å². The molecule has 0 amide bonds. The van der Waals surface area contributed by atoms with Gasteiger partial charge in [0.25, 0.3) is 0 Å². The van der Waals surface area contributed by atoms with E-state index in [0.717, 1.165) is 5.56 Å². The number of nitrogens with zero attached hydrogens (tertiary/aromatic N) is 1. The van der Waals surface area contributed by atoms with Crippen LogP contribution < -0.4 is 0 Å². The van der Waals surface area contributed by atoms with Crippen molar-refractivity contribution in [1.29, 1.82) is 0 Å². The van der Waals surface area contributed by atoms with E-state index >= 15 is 0 Å². The van der Waals surface area contributed by atoms with Gasteiger partial charge in [-0.1, -0.05) is 6.07 Å². The molecular weight excluding hydrogens is 194 g/mol. The van der Waals surface area contributed by atoms with Gasteiger partial charge >= 0.3 is 5.97 Å². The molecule has 80 valence electrons. The Bertz CT molecular complexity index is 366. The number of hydrogen-bond donors (Lipinski definition) is 1. The Labute approximate surface area is 87.9 Å². The third-order valence-electron chi connectivity index (χ3n) is 2.83. The summed E-state index contributed by atoms with van der Waals surface area (Å²) in [6, 6.07) is 3.66. The van der Waals surface area contributed by atoms with E-state index in [1.54, 1.807) is 12.3 Å². The monoisotopic (exact) mass is 207 g/mol. The zero-order chi connectivity index (χ0) is 10.9. The lowest BCUT2D eigenvalue weighted by molar-refractivity contribution is -0.144. The second-order valence-corrected chi connectivity index (χ2v) is 3.91.